The average molecular weight is 421 g/mol. The summed E-state index contributed by atoms with van der Waals surface area (Å²) < 4.78 is 6.14. The molecule has 3 N–H and O–H groups in total. The summed E-state index contributed by atoms with van der Waals surface area (Å²) in [6.45, 7) is 6.37. The molecule has 0 saturated carbocycles. The number of aliphatic carboxylic acids is 1. The number of hydrogen-bond donors (Lipinski definition) is 2. The molecule has 0 saturated heterocycles. The van der Waals surface area contributed by atoms with Crippen molar-refractivity contribution in [2.24, 2.45) is 17.1 Å². The van der Waals surface area contributed by atoms with E-state index in [1.54, 1.807) is 39.8 Å². The molecule has 5 nitrogen and oxygen atoms in total. The van der Waals surface area contributed by atoms with Gasteiger partial charge in [0.15, 0.2) is 5.41 Å². The molecule has 1 rings (SSSR count). The van der Waals surface area contributed by atoms with Crippen LogP contribution in [-0.4, -0.2) is 29.2 Å². The summed E-state index contributed by atoms with van der Waals surface area (Å²) in [7, 11) is 0. The van der Waals surface area contributed by atoms with E-state index in [0.717, 1.165) is 10.0 Å². The predicted octanol–water partition coefficient (Wildman–Crippen LogP) is 3.65. The minimum absolute atomic E-state index is 0.287. The zero-order valence-electron chi connectivity index (χ0n) is 14.2. The van der Waals surface area contributed by atoms with Gasteiger partial charge in [-0.05, 0) is 50.8 Å². The van der Waals surface area contributed by atoms with Crippen LogP contribution in [0.4, 0.5) is 0 Å². The molecule has 0 aliphatic rings. The third-order valence-electron chi connectivity index (χ3n) is 3.85. The van der Waals surface area contributed by atoms with Crippen LogP contribution in [0.25, 0.3) is 0 Å². The molecule has 2 atom stereocenters. The minimum atomic E-state index is -1.83. The zero-order chi connectivity index (χ0) is 18.7. The van der Waals surface area contributed by atoms with Crippen molar-refractivity contribution in [2.75, 3.05) is 6.54 Å². The quantitative estimate of drug-likeness (QED) is 0.541. The predicted molar refractivity (Wildman–Crippen MR) is 97.0 cm³/mol. The summed E-state index contributed by atoms with van der Waals surface area (Å²) in [5, 5.41) is 10.2. The average Bonchev–Trinajstić information content (AvgIpc) is 2.40. The zero-order valence-corrected chi connectivity index (χ0v) is 16.6. The number of carbonyl (C=O) groups excluding carboxylic acids is 1. The highest BCUT2D eigenvalue weighted by Gasteiger charge is 2.52. The smallest absolute Gasteiger partial charge is 0.325 e. The summed E-state index contributed by atoms with van der Waals surface area (Å²) in [5.74, 6) is -2.72. The minimum Gasteiger partial charge on any atom is -0.480 e. The number of nitrogens with two attached hydrogens (primary N) is 1. The molecule has 0 aromatic heterocycles. The largest absolute Gasteiger partial charge is 0.480 e. The number of benzene rings is 1. The number of carboxylic acid groups (broad SMARTS) is 1. The van der Waals surface area contributed by atoms with Crippen molar-refractivity contribution in [3.05, 3.63) is 33.3 Å². The van der Waals surface area contributed by atoms with Gasteiger partial charge in [0.25, 0.3) is 0 Å². The van der Waals surface area contributed by atoms with Crippen LogP contribution in [0.15, 0.2) is 22.7 Å². The molecule has 0 aliphatic carbocycles. The molecule has 2 unspecified atom stereocenters. The highest BCUT2D eigenvalue weighted by Crippen LogP contribution is 2.35. The Morgan fingerprint density at radius 2 is 1.96 bits per heavy atom. The standard InChI is InChI=1S/C17H23BrClNO4/c1-10(7-11-5-6-12(18)8-13(11)19)17(9-20,14(21)22)15(23)24-16(2,3)4/h5-6,8,10H,7,9,20H2,1-4H3,(H,21,22). The van der Waals surface area contributed by atoms with Crippen molar-refractivity contribution in [3.63, 3.8) is 0 Å². The van der Waals surface area contributed by atoms with E-state index in [1.165, 1.54) is 0 Å². The van der Waals surface area contributed by atoms with Crippen LogP contribution in [-0.2, 0) is 20.7 Å². The topological polar surface area (TPSA) is 89.6 Å². The monoisotopic (exact) mass is 419 g/mol. The van der Waals surface area contributed by atoms with Gasteiger partial charge in [0, 0.05) is 16.0 Å². The Kier molecular flexibility index (Phi) is 6.84. The maximum absolute atomic E-state index is 12.6. The molecule has 0 radical (unpaired) electrons. The van der Waals surface area contributed by atoms with Crippen LogP contribution in [0.2, 0.25) is 5.02 Å². The Hall–Kier alpha value is -1.11. The number of rotatable bonds is 6. The van der Waals surface area contributed by atoms with Crippen molar-refractivity contribution >= 4 is 39.5 Å². The summed E-state index contributed by atoms with van der Waals surface area (Å²) in [5.41, 5.74) is 3.84. The van der Waals surface area contributed by atoms with Crippen LogP contribution >= 0.6 is 27.5 Å². The van der Waals surface area contributed by atoms with E-state index in [1.807, 2.05) is 6.07 Å². The van der Waals surface area contributed by atoms with E-state index in [4.69, 9.17) is 22.1 Å². The number of halogens is 2. The van der Waals surface area contributed by atoms with Crippen molar-refractivity contribution in [3.8, 4) is 0 Å². The van der Waals surface area contributed by atoms with Crippen molar-refractivity contribution in [2.45, 2.75) is 39.7 Å². The molecule has 24 heavy (non-hydrogen) atoms. The lowest BCUT2D eigenvalue weighted by atomic mass is 9.73. The van der Waals surface area contributed by atoms with E-state index < -0.39 is 28.9 Å². The third kappa shape index (κ3) is 4.71. The van der Waals surface area contributed by atoms with Crippen molar-refractivity contribution in [1.29, 1.82) is 0 Å². The van der Waals surface area contributed by atoms with Gasteiger partial charge in [-0.2, -0.15) is 0 Å². The van der Waals surface area contributed by atoms with Gasteiger partial charge in [0.05, 0.1) is 0 Å². The van der Waals surface area contributed by atoms with Gasteiger partial charge < -0.3 is 15.6 Å². The second-order valence-electron chi connectivity index (χ2n) is 6.82. The van der Waals surface area contributed by atoms with Crippen LogP contribution < -0.4 is 5.73 Å². The molecular formula is C17H23BrClNO4. The molecule has 0 amide bonds. The molecule has 0 heterocycles. The van der Waals surface area contributed by atoms with Crippen LogP contribution in [0.3, 0.4) is 0 Å². The molecule has 7 heteroatoms. The Balaban J connectivity index is 3.19. The molecule has 0 spiro atoms. The number of ether oxygens (including phenoxy) is 1. The van der Waals surface area contributed by atoms with Crippen LogP contribution in [0.1, 0.15) is 33.3 Å². The Bertz CT molecular complexity index is 630. The normalized spacial score (nSPS) is 15.5. The van der Waals surface area contributed by atoms with E-state index >= 15 is 0 Å². The molecule has 1 aromatic carbocycles. The number of carbonyl (C=O) groups is 2. The first-order valence-electron chi connectivity index (χ1n) is 7.55. The highest BCUT2D eigenvalue weighted by atomic mass is 79.9. The van der Waals surface area contributed by atoms with E-state index in [0.29, 0.717) is 5.02 Å². The third-order valence-corrected chi connectivity index (χ3v) is 4.69. The van der Waals surface area contributed by atoms with Gasteiger partial charge >= 0.3 is 11.9 Å². The van der Waals surface area contributed by atoms with Crippen LogP contribution in [0, 0.1) is 11.3 Å². The van der Waals surface area contributed by atoms with Gasteiger partial charge in [0.1, 0.15) is 5.60 Å². The first-order chi connectivity index (χ1) is 10.9. The highest BCUT2D eigenvalue weighted by molar-refractivity contribution is 9.10. The Morgan fingerprint density at radius 3 is 2.38 bits per heavy atom. The SMILES string of the molecule is CC(Cc1ccc(Br)cc1Cl)C(CN)(C(=O)O)C(=O)OC(C)(C)C. The number of esters is 1. The molecule has 0 bridgehead atoms. The summed E-state index contributed by atoms with van der Waals surface area (Å²) in [4.78, 5) is 24.5. The molecule has 0 fully saturated rings. The van der Waals surface area contributed by atoms with Gasteiger partial charge in [0.2, 0.25) is 0 Å². The van der Waals surface area contributed by atoms with Crippen molar-refractivity contribution < 1.29 is 19.4 Å². The Labute approximate surface area is 155 Å². The van der Waals surface area contributed by atoms with Gasteiger partial charge in [-0.3, -0.25) is 9.59 Å². The molecular weight excluding hydrogens is 398 g/mol. The first kappa shape index (κ1) is 20.9. The fraction of sp³-hybridized carbons (Fsp3) is 0.529. The van der Waals surface area contributed by atoms with Gasteiger partial charge in [-0.1, -0.05) is 40.5 Å². The van der Waals surface area contributed by atoms with E-state index in [9.17, 15) is 14.7 Å². The lowest BCUT2D eigenvalue weighted by Crippen LogP contribution is -2.53. The second kappa shape index (κ2) is 7.85. The van der Waals surface area contributed by atoms with E-state index in [-0.39, 0.29) is 13.0 Å². The fourth-order valence-corrected chi connectivity index (χ4v) is 3.18. The first-order valence-corrected chi connectivity index (χ1v) is 8.72. The summed E-state index contributed by atoms with van der Waals surface area (Å²) in [6, 6.07) is 5.33. The lowest BCUT2D eigenvalue weighted by molar-refractivity contribution is -0.180. The molecule has 1 aromatic rings. The second-order valence-corrected chi connectivity index (χ2v) is 8.15. The number of hydrogen-bond acceptors (Lipinski definition) is 4. The van der Waals surface area contributed by atoms with Crippen molar-refractivity contribution in [1.82, 2.24) is 0 Å². The fourth-order valence-electron chi connectivity index (χ4n) is 2.43. The lowest BCUT2D eigenvalue weighted by Gasteiger charge is -2.34. The van der Waals surface area contributed by atoms with Gasteiger partial charge in [-0.15, -0.1) is 0 Å². The summed E-state index contributed by atoms with van der Waals surface area (Å²) >= 11 is 9.53. The number of carboxylic acids is 1. The molecule has 134 valence electrons. The molecule has 0 aliphatic heterocycles. The summed E-state index contributed by atoms with van der Waals surface area (Å²) in [6.07, 6.45) is 0.287. The maximum Gasteiger partial charge on any atom is 0.325 e. The van der Waals surface area contributed by atoms with Crippen LogP contribution in [0.5, 0.6) is 0 Å². The van der Waals surface area contributed by atoms with E-state index in [2.05, 4.69) is 15.9 Å². The Morgan fingerprint density at radius 1 is 1.38 bits per heavy atom. The maximum atomic E-state index is 12.6. The van der Waals surface area contributed by atoms with Gasteiger partial charge in [-0.25, -0.2) is 0 Å².